The SMILES string of the molecule is CSC1=CNC(CNCc2cnc3c(c2)OCCN3c2cc(C3CC3)cc(C3CC3)c2)C=C1. The standard InChI is InChI=1S/C27H32N4OS/c1-33-25-7-6-23(29-17-25)16-28-14-18-10-26-27(30-15-18)31(8-9-32-26)24-12-21(19-2-3-19)11-22(13-24)20-4-5-20/h6-7,10-13,15,17,19-20,23,28-29H,2-5,8-9,14,16H2,1H3. The molecule has 1 atom stereocenters. The van der Waals surface area contributed by atoms with Crippen molar-refractivity contribution in [2.45, 2.75) is 50.1 Å². The van der Waals surface area contributed by atoms with Gasteiger partial charge in [0.25, 0.3) is 0 Å². The molecule has 2 saturated carbocycles. The molecule has 33 heavy (non-hydrogen) atoms. The summed E-state index contributed by atoms with van der Waals surface area (Å²) >= 11 is 1.76. The molecular formula is C27H32N4OS. The lowest BCUT2D eigenvalue weighted by molar-refractivity contribution is 0.311. The van der Waals surface area contributed by atoms with Crippen LogP contribution < -0.4 is 20.3 Å². The summed E-state index contributed by atoms with van der Waals surface area (Å²) in [6.45, 7) is 3.19. The van der Waals surface area contributed by atoms with Crippen LogP contribution in [-0.2, 0) is 6.54 Å². The van der Waals surface area contributed by atoms with Crippen LogP contribution in [-0.4, -0.2) is 37.0 Å². The van der Waals surface area contributed by atoms with Crippen molar-refractivity contribution in [3.63, 3.8) is 0 Å². The van der Waals surface area contributed by atoms with Crippen molar-refractivity contribution < 1.29 is 4.74 Å². The van der Waals surface area contributed by atoms with E-state index in [0.29, 0.717) is 12.6 Å². The van der Waals surface area contributed by atoms with Crippen LogP contribution in [0.4, 0.5) is 11.5 Å². The van der Waals surface area contributed by atoms with Gasteiger partial charge in [-0.1, -0.05) is 12.1 Å². The Balaban J connectivity index is 1.15. The highest BCUT2D eigenvalue weighted by molar-refractivity contribution is 8.02. The minimum absolute atomic E-state index is 0.317. The molecule has 4 aliphatic rings. The minimum atomic E-state index is 0.317. The molecule has 2 aliphatic heterocycles. The van der Waals surface area contributed by atoms with Gasteiger partial charge >= 0.3 is 0 Å². The number of hydrogen-bond acceptors (Lipinski definition) is 6. The quantitative estimate of drug-likeness (QED) is 0.566. The fourth-order valence-electron chi connectivity index (χ4n) is 4.74. The maximum absolute atomic E-state index is 6.05. The summed E-state index contributed by atoms with van der Waals surface area (Å²) < 4.78 is 6.05. The second kappa shape index (κ2) is 9.07. The van der Waals surface area contributed by atoms with E-state index in [2.05, 4.69) is 64.4 Å². The Morgan fingerprint density at radius 2 is 1.91 bits per heavy atom. The number of anilines is 2. The number of fused-ring (bicyclic) bond motifs is 1. The summed E-state index contributed by atoms with van der Waals surface area (Å²) in [5, 5.41) is 6.98. The molecular weight excluding hydrogens is 428 g/mol. The first-order chi connectivity index (χ1) is 16.3. The van der Waals surface area contributed by atoms with Crippen molar-refractivity contribution in [1.29, 1.82) is 0 Å². The van der Waals surface area contributed by atoms with E-state index in [1.165, 1.54) is 47.4 Å². The van der Waals surface area contributed by atoms with Gasteiger partial charge in [0.05, 0.1) is 12.6 Å². The fourth-order valence-corrected chi connectivity index (χ4v) is 5.14. The van der Waals surface area contributed by atoms with Crippen LogP contribution in [0.1, 0.15) is 54.2 Å². The third-order valence-corrected chi connectivity index (χ3v) is 7.68. The van der Waals surface area contributed by atoms with Crippen molar-refractivity contribution in [3.8, 4) is 5.75 Å². The largest absolute Gasteiger partial charge is 0.488 e. The molecule has 5 nitrogen and oxygen atoms in total. The van der Waals surface area contributed by atoms with E-state index in [1.807, 2.05) is 6.20 Å². The molecule has 0 saturated heterocycles. The summed E-state index contributed by atoms with van der Waals surface area (Å²) in [7, 11) is 0. The average Bonchev–Trinajstić information content (AvgIpc) is 3.77. The number of benzene rings is 1. The van der Waals surface area contributed by atoms with Gasteiger partial charge in [-0.25, -0.2) is 4.98 Å². The van der Waals surface area contributed by atoms with Crippen molar-refractivity contribution in [2.75, 3.05) is 30.9 Å². The van der Waals surface area contributed by atoms with Gasteiger partial charge in [0.15, 0.2) is 11.6 Å². The molecule has 0 amide bonds. The molecule has 0 spiro atoms. The summed E-state index contributed by atoms with van der Waals surface area (Å²) in [6, 6.07) is 9.74. The topological polar surface area (TPSA) is 49.4 Å². The van der Waals surface area contributed by atoms with Crippen molar-refractivity contribution >= 4 is 23.3 Å². The molecule has 2 fully saturated rings. The van der Waals surface area contributed by atoms with E-state index in [1.54, 1.807) is 11.8 Å². The van der Waals surface area contributed by atoms with E-state index in [-0.39, 0.29) is 0 Å². The Labute approximate surface area is 200 Å². The van der Waals surface area contributed by atoms with Crippen LogP contribution in [0.3, 0.4) is 0 Å². The van der Waals surface area contributed by atoms with Crippen LogP contribution >= 0.6 is 11.8 Å². The van der Waals surface area contributed by atoms with Gasteiger partial charge < -0.3 is 20.3 Å². The van der Waals surface area contributed by atoms with E-state index in [4.69, 9.17) is 9.72 Å². The Morgan fingerprint density at radius 1 is 1.12 bits per heavy atom. The number of nitrogens with zero attached hydrogens (tertiary/aromatic N) is 2. The van der Waals surface area contributed by atoms with E-state index in [9.17, 15) is 0 Å². The zero-order chi connectivity index (χ0) is 22.2. The van der Waals surface area contributed by atoms with Gasteiger partial charge in [-0.2, -0.15) is 0 Å². The highest BCUT2D eigenvalue weighted by atomic mass is 32.2. The van der Waals surface area contributed by atoms with Crippen LogP contribution in [0.25, 0.3) is 0 Å². The molecule has 2 aromatic rings. The smallest absolute Gasteiger partial charge is 0.176 e. The lowest BCUT2D eigenvalue weighted by Gasteiger charge is -2.31. The molecule has 1 aromatic carbocycles. The molecule has 2 N–H and O–H groups in total. The number of rotatable bonds is 8. The van der Waals surface area contributed by atoms with Gasteiger partial charge in [0, 0.05) is 36.1 Å². The predicted octanol–water partition coefficient (Wildman–Crippen LogP) is 5.19. The molecule has 1 unspecified atom stereocenters. The Kier molecular flexibility index (Phi) is 5.80. The van der Waals surface area contributed by atoms with Crippen molar-refractivity contribution in [1.82, 2.24) is 15.6 Å². The molecule has 0 radical (unpaired) electrons. The van der Waals surface area contributed by atoms with Gasteiger partial charge in [-0.05, 0) is 84.7 Å². The van der Waals surface area contributed by atoms with Crippen LogP contribution in [0.15, 0.2) is 53.7 Å². The zero-order valence-corrected chi connectivity index (χ0v) is 20.0. The van der Waals surface area contributed by atoms with Gasteiger partial charge in [0.1, 0.15) is 6.61 Å². The molecule has 172 valence electrons. The third-order valence-electron chi connectivity index (χ3n) is 6.95. The molecule has 0 bridgehead atoms. The van der Waals surface area contributed by atoms with E-state index in [0.717, 1.165) is 48.6 Å². The van der Waals surface area contributed by atoms with Crippen LogP contribution in [0, 0.1) is 0 Å². The van der Waals surface area contributed by atoms with Crippen LogP contribution in [0.2, 0.25) is 0 Å². The van der Waals surface area contributed by atoms with Crippen molar-refractivity contribution in [2.24, 2.45) is 0 Å². The number of nitrogens with one attached hydrogen (secondary N) is 2. The van der Waals surface area contributed by atoms with Gasteiger partial charge in [-0.15, -0.1) is 11.8 Å². The summed E-state index contributed by atoms with van der Waals surface area (Å²) in [6.07, 6.45) is 15.9. The maximum atomic E-state index is 6.05. The van der Waals surface area contributed by atoms with Crippen molar-refractivity contribution in [3.05, 3.63) is 70.4 Å². The Morgan fingerprint density at radius 3 is 2.58 bits per heavy atom. The second-order valence-electron chi connectivity index (χ2n) is 9.59. The molecule has 6 rings (SSSR count). The summed E-state index contributed by atoms with van der Waals surface area (Å²) in [5.74, 6) is 3.38. The number of dihydropyridines is 1. The number of ether oxygens (including phenoxy) is 1. The monoisotopic (exact) mass is 460 g/mol. The molecule has 1 aromatic heterocycles. The molecule has 6 heteroatoms. The Bertz CT molecular complexity index is 1060. The third kappa shape index (κ3) is 4.78. The van der Waals surface area contributed by atoms with Crippen LogP contribution in [0.5, 0.6) is 5.75 Å². The number of pyridine rings is 1. The fraction of sp³-hybridized carbons (Fsp3) is 0.444. The average molecular weight is 461 g/mol. The maximum Gasteiger partial charge on any atom is 0.176 e. The lowest BCUT2D eigenvalue weighted by Crippen LogP contribution is -2.35. The molecule has 2 aliphatic carbocycles. The summed E-state index contributed by atoms with van der Waals surface area (Å²) in [4.78, 5) is 8.49. The van der Waals surface area contributed by atoms with Gasteiger partial charge in [0.2, 0.25) is 0 Å². The van der Waals surface area contributed by atoms with E-state index >= 15 is 0 Å². The Hall–Kier alpha value is -2.44. The number of aromatic nitrogens is 1. The first-order valence-electron chi connectivity index (χ1n) is 12.2. The normalized spacial score (nSPS) is 21.8. The number of thioether (sulfide) groups is 1. The highest BCUT2D eigenvalue weighted by Gasteiger charge is 2.30. The number of hydrogen-bond donors (Lipinski definition) is 2. The lowest BCUT2D eigenvalue weighted by atomic mass is 10.0. The van der Waals surface area contributed by atoms with Gasteiger partial charge in [-0.3, -0.25) is 0 Å². The summed E-state index contributed by atoms with van der Waals surface area (Å²) in [5.41, 5.74) is 5.49. The first kappa shape index (κ1) is 21.1. The van der Waals surface area contributed by atoms with E-state index < -0.39 is 0 Å². The predicted molar refractivity (Wildman–Crippen MR) is 136 cm³/mol. The zero-order valence-electron chi connectivity index (χ0n) is 19.2. The molecule has 3 heterocycles. The minimum Gasteiger partial charge on any atom is -0.488 e. The highest BCUT2D eigenvalue weighted by Crippen LogP contribution is 2.47. The first-order valence-corrected chi connectivity index (χ1v) is 13.4. The second-order valence-corrected chi connectivity index (χ2v) is 10.5. The number of allylic oxidation sites excluding steroid dienone is 1.